The van der Waals surface area contributed by atoms with Crippen molar-refractivity contribution in [3.05, 3.63) is 12.7 Å². The van der Waals surface area contributed by atoms with Crippen LogP contribution in [0.15, 0.2) is 12.7 Å². The molecule has 0 saturated heterocycles. The molecule has 0 nitrogen and oxygen atoms in total. The molecular formula is C10H17Cl. The van der Waals surface area contributed by atoms with Crippen molar-refractivity contribution in [2.75, 3.05) is 0 Å². The first-order chi connectivity index (χ1) is 5.33. The predicted molar refractivity (Wildman–Crippen MR) is 51.0 cm³/mol. The molecule has 0 aliphatic heterocycles. The summed E-state index contributed by atoms with van der Waals surface area (Å²) in [7, 11) is 0. The summed E-state index contributed by atoms with van der Waals surface area (Å²) in [6.45, 7) is 3.77. The summed E-state index contributed by atoms with van der Waals surface area (Å²) in [4.78, 5) is 0. The lowest BCUT2D eigenvalue weighted by Crippen LogP contribution is -2.04. The van der Waals surface area contributed by atoms with E-state index < -0.39 is 0 Å². The Bertz CT molecular complexity index is 120. The van der Waals surface area contributed by atoms with E-state index in [0.29, 0.717) is 5.38 Å². The average Bonchev–Trinajstić information content (AvgIpc) is 2.15. The largest absolute Gasteiger partial charge is 0.123 e. The fourth-order valence-corrected chi connectivity index (χ4v) is 2.25. The zero-order chi connectivity index (χ0) is 8.10. The third-order valence-electron chi connectivity index (χ3n) is 2.47. The van der Waals surface area contributed by atoms with Crippen LogP contribution < -0.4 is 0 Å². The highest BCUT2D eigenvalue weighted by molar-refractivity contribution is 6.20. The molecule has 0 heterocycles. The second kappa shape index (κ2) is 4.82. The van der Waals surface area contributed by atoms with Gasteiger partial charge in [-0.25, -0.2) is 0 Å². The van der Waals surface area contributed by atoms with E-state index in [1.165, 1.54) is 32.1 Å². The topological polar surface area (TPSA) is 0 Å². The SMILES string of the molecule is C=CCC1CCCCC(Cl)C1. The van der Waals surface area contributed by atoms with Crippen LogP contribution in [0, 0.1) is 5.92 Å². The molecule has 11 heavy (non-hydrogen) atoms. The Kier molecular flexibility index (Phi) is 3.99. The molecule has 64 valence electrons. The Labute approximate surface area is 74.6 Å². The van der Waals surface area contributed by atoms with Gasteiger partial charge in [-0.2, -0.15) is 0 Å². The van der Waals surface area contributed by atoms with Crippen LogP contribution in [0.4, 0.5) is 0 Å². The van der Waals surface area contributed by atoms with Crippen LogP contribution in [0.1, 0.15) is 38.5 Å². The molecule has 0 bridgehead atoms. The predicted octanol–water partition coefficient (Wildman–Crippen LogP) is 3.75. The van der Waals surface area contributed by atoms with Crippen LogP contribution in [0.25, 0.3) is 0 Å². The second-order valence-electron chi connectivity index (χ2n) is 3.51. The fourth-order valence-electron chi connectivity index (χ4n) is 1.85. The van der Waals surface area contributed by atoms with Gasteiger partial charge in [0.25, 0.3) is 0 Å². The number of hydrogen-bond acceptors (Lipinski definition) is 0. The van der Waals surface area contributed by atoms with E-state index >= 15 is 0 Å². The molecule has 1 aliphatic carbocycles. The first-order valence-corrected chi connectivity index (χ1v) is 5.01. The third-order valence-corrected chi connectivity index (χ3v) is 2.87. The zero-order valence-electron chi connectivity index (χ0n) is 7.06. The van der Waals surface area contributed by atoms with Crippen molar-refractivity contribution in [2.45, 2.75) is 43.9 Å². The van der Waals surface area contributed by atoms with Crippen LogP contribution in [-0.4, -0.2) is 5.38 Å². The van der Waals surface area contributed by atoms with Crippen molar-refractivity contribution in [3.8, 4) is 0 Å². The van der Waals surface area contributed by atoms with Crippen molar-refractivity contribution in [3.63, 3.8) is 0 Å². The van der Waals surface area contributed by atoms with E-state index in [4.69, 9.17) is 11.6 Å². The van der Waals surface area contributed by atoms with Crippen LogP contribution >= 0.6 is 11.6 Å². The first-order valence-electron chi connectivity index (χ1n) is 4.58. The van der Waals surface area contributed by atoms with E-state index in [9.17, 15) is 0 Å². The van der Waals surface area contributed by atoms with Gasteiger partial charge < -0.3 is 0 Å². The molecule has 0 radical (unpaired) electrons. The molecule has 1 saturated carbocycles. The quantitative estimate of drug-likeness (QED) is 0.338. The molecule has 1 rings (SSSR count). The highest BCUT2D eigenvalue weighted by Gasteiger charge is 2.16. The molecular weight excluding hydrogens is 156 g/mol. The van der Waals surface area contributed by atoms with Gasteiger partial charge in [0.05, 0.1) is 0 Å². The van der Waals surface area contributed by atoms with Gasteiger partial charge in [0.2, 0.25) is 0 Å². The summed E-state index contributed by atoms with van der Waals surface area (Å²) < 4.78 is 0. The lowest BCUT2D eigenvalue weighted by Gasteiger charge is -2.12. The van der Waals surface area contributed by atoms with Gasteiger partial charge in [-0.05, 0) is 25.2 Å². The lowest BCUT2D eigenvalue weighted by molar-refractivity contribution is 0.469. The summed E-state index contributed by atoms with van der Waals surface area (Å²) in [5.41, 5.74) is 0. The van der Waals surface area contributed by atoms with E-state index in [1.807, 2.05) is 6.08 Å². The summed E-state index contributed by atoms with van der Waals surface area (Å²) in [5.74, 6) is 0.817. The maximum absolute atomic E-state index is 6.12. The van der Waals surface area contributed by atoms with Crippen molar-refractivity contribution in [1.82, 2.24) is 0 Å². The van der Waals surface area contributed by atoms with Gasteiger partial charge >= 0.3 is 0 Å². The van der Waals surface area contributed by atoms with E-state index in [2.05, 4.69) is 6.58 Å². The van der Waals surface area contributed by atoms with Crippen molar-refractivity contribution < 1.29 is 0 Å². The van der Waals surface area contributed by atoms with Crippen molar-refractivity contribution in [2.24, 2.45) is 5.92 Å². The van der Waals surface area contributed by atoms with Crippen LogP contribution in [0.2, 0.25) is 0 Å². The first kappa shape index (κ1) is 9.12. The lowest BCUT2D eigenvalue weighted by atomic mass is 9.97. The monoisotopic (exact) mass is 172 g/mol. The molecule has 2 unspecified atom stereocenters. The van der Waals surface area contributed by atoms with Crippen molar-refractivity contribution >= 4 is 11.6 Å². The average molecular weight is 173 g/mol. The molecule has 2 atom stereocenters. The summed E-state index contributed by atoms with van der Waals surface area (Å²) in [6, 6.07) is 0. The van der Waals surface area contributed by atoms with Gasteiger partial charge in [0, 0.05) is 5.38 Å². The minimum absolute atomic E-state index is 0.433. The second-order valence-corrected chi connectivity index (χ2v) is 4.13. The maximum Gasteiger partial charge on any atom is 0.0338 e. The van der Waals surface area contributed by atoms with E-state index in [-0.39, 0.29) is 0 Å². The smallest absolute Gasteiger partial charge is 0.0338 e. The minimum atomic E-state index is 0.433. The Hall–Kier alpha value is 0.0300. The number of halogens is 1. The highest BCUT2D eigenvalue weighted by Crippen LogP contribution is 2.28. The number of allylic oxidation sites excluding steroid dienone is 1. The van der Waals surface area contributed by atoms with Gasteiger partial charge in [-0.1, -0.05) is 25.3 Å². The van der Waals surface area contributed by atoms with Gasteiger partial charge in [-0.15, -0.1) is 18.2 Å². The molecule has 0 aromatic heterocycles. The van der Waals surface area contributed by atoms with Gasteiger partial charge in [0.15, 0.2) is 0 Å². The summed E-state index contributed by atoms with van der Waals surface area (Å²) >= 11 is 6.12. The Morgan fingerprint density at radius 3 is 2.82 bits per heavy atom. The fraction of sp³-hybridized carbons (Fsp3) is 0.800. The molecule has 0 aromatic carbocycles. The van der Waals surface area contributed by atoms with Gasteiger partial charge in [0.1, 0.15) is 0 Å². The standard InChI is InChI=1S/C10H17Cl/c1-2-5-9-6-3-4-7-10(11)8-9/h2,9-10H,1,3-8H2. The van der Waals surface area contributed by atoms with Crippen LogP contribution in [0.3, 0.4) is 0 Å². The molecule has 1 fully saturated rings. The molecule has 1 aliphatic rings. The summed E-state index contributed by atoms with van der Waals surface area (Å²) in [5, 5.41) is 0.433. The third kappa shape index (κ3) is 3.29. The van der Waals surface area contributed by atoms with Crippen LogP contribution in [-0.2, 0) is 0 Å². The van der Waals surface area contributed by atoms with Crippen LogP contribution in [0.5, 0.6) is 0 Å². The zero-order valence-corrected chi connectivity index (χ0v) is 7.82. The normalized spacial score (nSPS) is 32.8. The maximum atomic E-state index is 6.12. The minimum Gasteiger partial charge on any atom is -0.123 e. The Morgan fingerprint density at radius 2 is 2.09 bits per heavy atom. The number of hydrogen-bond donors (Lipinski definition) is 0. The van der Waals surface area contributed by atoms with E-state index in [1.54, 1.807) is 0 Å². The Balaban J connectivity index is 2.32. The van der Waals surface area contributed by atoms with Crippen molar-refractivity contribution in [1.29, 1.82) is 0 Å². The molecule has 1 heteroatoms. The van der Waals surface area contributed by atoms with Gasteiger partial charge in [-0.3, -0.25) is 0 Å². The highest BCUT2D eigenvalue weighted by atomic mass is 35.5. The molecule has 0 aromatic rings. The molecule has 0 N–H and O–H groups in total. The summed E-state index contributed by atoms with van der Waals surface area (Å²) in [6.07, 6.45) is 9.64. The number of alkyl halides is 1. The molecule has 0 spiro atoms. The number of rotatable bonds is 2. The Morgan fingerprint density at radius 1 is 1.36 bits per heavy atom. The molecule has 0 amide bonds. The van der Waals surface area contributed by atoms with E-state index in [0.717, 1.165) is 12.3 Å².